The van der Waals surface area contributed by atoms with Gasteiger partial charge in [0.1, 0.15) is 5.82 Å². The third kappa shape index (κ3) is 3.21. The van der Waals surface area contributed by atoms with E-state index in [0.29, 0.717) is 16.9 Å². The van der Waals surface area contributed by atoms with E-state index in [2.05, 4.69) is 4.99 Å². The van der Waals surface area contributed by atoms with Crippen LogP contribution in [0.5, 0.6) is 0 Å². The Morgan fingerprint density at radius 3 is 2.42 bits per heavy atom. The molecule has 3 aromatic rings. The Labute approximate surface area is 143 Å². The number of aryl methyl sites for hydroxylation is 1. The van der Waals surface area contributed by atoms with Gasteiger partial charge in [0.2, 0.25) is 0 Å². The molecule has 0 saturated carbocycles. The summed E-state index contributed by atoms with van der Waals surface area (Å²) in [4.78, 5) is 18.4. The van der Waals surface area contributed by atoms with Crippen LogP contribution in [0.2, 0.25) is 0 Å². The molecule has 122 valence electrons. The van der Waals surface area contributed by atoms with Crippen LogP contribution in [0, 0.1) is 12.7 Å². The van der Waals surface area contributed by atoms with E-state index < -0.39 is 0 Å². The van der Waals surface area contributed by atoms with E-state index in [1.165, 1.54) is 35.6 Å². The number of hydrogen-bond donors (Lipinski definition) is 0. The first-order valence-corrected chi connectivity index (χ1v) is 8.52. The van der Waals surface area contributed by atoms with Crippen molar-refractivity contribution in [2.45, 2.75) is 20.4 Å². The molecule has 1 aromatic heterocycles. The molecule has 5 heteroatoms. The van der Waals surface area contributed by atoms with Crippen molar-refractivity contribution in [2.75, 3.05) is 0 Å². The van der Waals surface area contributed by atoms with Crippen molar-refractivity contribution >= 4 is 17.2 Å². The van der Waals surface area contributed by atoms with Crippen LogP contribution in [-0.2, 0) is 6.54 Å². The van der Waals surface area contributed by atoms with E-state index in [4.69, 9.17) is 0 Å². The molecule has 0 bridgehead atoms. The first-order chi connectivity index (χ1) is 11.6. The second-order valence-corrected chi connectivity index (χ2v) is 6.51. The molecule has 0 fully saturated rings. The summed E-state index contributed by atoms with van der Waals surface area (Å²) in [5.74, 6) is -0.730. The summed E-state index contributed by atoms with van der Waals surface area (Å²) in [6.07, 6.45) is 0. The molecule has 3 rings (SSSR count). The molecule has 24 heavy (non-hydrogen) atoms. The van der Waals surface area contributed by atoms with Crippen LogP contribution in [0.3, 0.4) is 0 Å². The van der Waals surface area contributed by atoms with E-state index in [-0.39, 0.29) is 11.7 Å². The normalized spacial score (nSPS) is 11.7. The van der Waals surface area contributed by atoms with Gasteiger partial charge in [0.25, 0.3) is 5.91 Å². The number of carbonyl (C=O) groups excluding carboxylic acids is 1. The lowest BCUT2D eigenvalue weighted by atomic mass is 10.1. The smallest absolute Gasteiger partial charge is 0.279 e. The van der Waals surface area contributed by atoms with Crippen molar-refractivity contribution in [3.8, 4) is 11.3 Å². The zero-order valence-corrected chi connectivity index (χ0v) is 14.3. The molecule has 0 atom stereocenters. The van der Waals surface area contributed by atoms with Gasteiger partial charge in [-0.05, 0) is 43.7 Å². The van der Waals surface area contributed by atoms with Crippen molar-refractivity contribution in [3.05, 3.63) is 75.7 Å². The predicted octanol–water partition coefficient (Wildman–Crippen LogP) is 4.43. The SMILES string of the molecule is CCn1c(-c2ccccc2)c(C)sc1=NC(=O)c1ccc(F)cc1. The summed E-state index contributed by atoms with van der Waals surface area (Å²) in [7, 11) is 0. The van der Waals surface area contributed by atoms with Crippen molar-refractivity contribution in [1.29, 1.82) is 0 Å². The molecule has 3 nitrogen and oxygen atoms in total. The lowest BCUT2D eigenvalue weighted by molar-refractivity contribution is 0.0998. The molecular formula is C19H17FN2OS. The second-order valence-electron chi connectivity index (χ2n) is 5.32. The van der Waals surface area contributed by atoms with Gasteiger partial charge in [0.05, 0.1) is 5.69 Å². The van der Waals surface area contributed by atoms with Gasteiger partial charge in [-0.1, -0.05) is 30.3 Å². The van der Waals surface area contributed by atoms with E-state index in [1.807, 2.05) is 48.7 Å². The molecule has 0 N–H and O–H groups in total. The van der Waals surface area contributed by atoms with E-state index >= 15 is 0 Å². The molecule has 1 amide bonds. The van der Waals surface area contributed by atoms with Crippen LogP contribution in [-0.4, -0.2) is 10.5 Å². The van der Waals surface area contributed by atoms with Gasteiger partial charge >= 0.3 is 0 Å². The molecule has 0 aliphatic carbocycles. The quantitative estimate of drug-likeness (QED) is 0.695. The Morgan fingerprint density at radius 2 is 1.79 bits per heavy atom. The van der Waals surface area contributed by atoms with Crippen LogP contribution in [0.25, 0.3) is 11.3 Å². The Morgan fingerprint density at radius 1 is 1.12 bits per heavy atom. The van der Waals surface area contributed by atoms with E-state index in [1.54, 1.807) is 0 Å². The van der Waals surface area contributed by atoms with E-state index in [0.717, 1.165) is 16.1 Å². The van der Waals surface area contributed by atoms with Gasteiger partial charge in [0.15, 0.2) is 4.80 Å². The summed E-state index contributed by atoms with van der Waals surface area (Å²) >= 11 is 1.49. The molecule has 0 spiro atoms. The molecule has 2 aromatic carbocycles. The minimum Gasteiger partial charge on any atom is -0.316 e. The highest BCUT2D eigenvalue weighted by Gasteiger charge is 2.13. The lowest BCUT2D eigenvalue weighted by Crippen LogP contribution is -2.17. The van der Waals surface area contributed by atoms with Crippen LogP contribution in [0.1, 0.15) is 22.2 Å². The van der Waals surface area contributed by atoms with Crippen LogP contribution >= 0.6 is 11.3 Å². The number of nitrogens with zero attached hydrogens (tertiary/aromatic N) is 2. The highest BCUT2D eigenvalue weighted by Crippen LogP contribution is 2.25. The number of carbonyl (C=O) groups is 1. The zero-order valence-electron chi connectivity index (χ0n) is 13.5. The molecule has 0 aliphatic heterocycles. The Balaban J connectivity index is 2.09. The molecule has 0 aliphatic rings. The number of aromatic nitrogens is 1. The second kappa shape index (κ2) is 6.93. The summed E-state index contributed by atoms with van der Waals surface area (Å²) in [6.45, 7) is 4.77. The van der Waals surface area contributed by atoms with Crippen molar-refractivity contribution < 1.29 is 9.18 Å². The predicted molar refractivity (Wildman–Crippen MR) is 94.4 cm³/mol. The van der Waals surface area contributed by atoms with Crippen molar-refractivity contribution in [2.24, 2.45) is 4.99 Å². The lowest BCUT2D eigenvalue weighted by Gasteiger charge is -2.07. The fourth-order valence-electron chi connectivity index (χ4n) is 2.60. The number of hydrogen-bond acceptors (Lipinski definition) is 2. The first kappa shape index (κ1) is 16.3. The van der Waals surface area contributed by atoms with Crippen LogP contribution in [0.4, 0.5) is 4.39 Å². The number of amides is 1. The highest BCUT2D eigenvalue weighted by atomic mass is 32.1. The molecular weight excluding hydrogens is 323 g/mol. The summed E-state index contributed by atoms with van der Waals surface area (Å²) < 4.78 is 15.0. The average molecular weight is 340 g/mol. The van der Waals surface area contributed by atoms with Crippen LogP contribution < -0.4 is 4.80 Å². The van der Waals surface area contributed by atoms with Gasteiger partial charge in [-0.2, -0.15) is 4.99 Å². The van der Waals surface area contributed by atoms with Gasteiger partial charge in [-0.25, -0.2) is 4.39 Å². The zero-order chi connectivity index (χ0) is 17.1. The maximum absolute atomic E-state index is 13.0. The van der Waals surface area contributed by atoms with Crippen molar-refractivity contribution in [1.82, 2.24) is 4.57 Å². The topological polar surface area (TPSA) is 34.4 Å². The highest BCUT2D eigenvalue weighted by molar-refractivity contribution is 7.09. The maximum Gasteiger partial charge on any atom is 0.279 e. The summed E-state index contributed by atoms with van der Waals surface area (Å²) in [6, 6.07) is 15.5. The molecule has 0 radical (unpaired) electrons. The number of benzene rings is 2. The molecule has 1 heterocycles. The van der Waals surface area contributed by atoms with Gasteiger partial charge in [-0.15, -0.1) is 11.3 Å². The van der Waals surface area contributed by atoms with E-state index in [9.17, 15) is 9.18 Å². The number of thiazole rings is 1. The maximum atomic E-state index is 13.0. The van der Waals surface area contributed by atoms with Gasteiger partial charge in [0, 0.05) is 17.0 Å². The fourth-order valence-corrected chi connectivity index (χ4v) is 3.66. The Hall–Kier alpha value is -2.53. The Bertz CT molecular complexity index is 924. The molecule has 0 unspecified atom stereocenters. The summed E-state index contributed by atoms with van der Waals surface area (Å²) in [5.41, 5.74) is 2.56. The minimum absolute atomic E-state index is 0.363. The Kier molecular flexibility index (Phi) is 4.71. The third-order valence-electron chi connectivity index (χ3n) is 3.73. The van der Waals surface area contributed by atoms with Crippen molar-refractivity contribution in [3.63, 3.8) is 0 Å². The summed E-state index contributed by atoms with van der Waals surface area (Å²) in [5, 5.41) is 0. The molecule has 0 saturated heterocycles. The first-order valence-electron chi connectivity index (χ1n) is 7.70. The number of halogens is 1. The monoisotopic (exact) mass is 340 g/mol. The van der Waals surface area contributed by atoms with Gasteiger partial charge in [-0.3, -0.25) is 4.79 Å². The number of rotatable bonds is 3. The standard InChI is InChI=1S/C19H17FN2OS/c1-3-22-17(14-7-5-4-6-8-14)13(2)24-19(22)21-18(23)15-9-11-16(20)12-10-15/h4-12H,3H2,1-2H3. The van der Waals surface area contributed by atoms with Gasteiger partial charge < -0.3 is 4.57 Å². The van der Waals surface area contributed by atoms with Crippen LogP contribution in [0.15, 0.2) is 59.6 Å². The minimum atomic E-state index is -0.367. The fraction of sp³-hybridized carbons (Fsp3) is 0.158. The largest absolute Gasteiger partial charge is 0.316 e. The third-order valence-corrected chi connectivity index (χ3v) is 4.72. The average Bonchev–Trinajstić information content (AvgIpc) is 2.91.